The Morgan fingerprint density at radius 1 is 1.12 bits per heavy atom. The van der Waals surface area contributed by atoms with E-state index in [1.807, 2.05) is 0 Å². The molecule has 0 radical (unpaired) electrons. The second-order valence-electron chi connectivity index (χ2n) is 7.00. The first kappa shape index (κ1) is 19.5. The third kappa shape index (κ3) is 3.47. The quantitative estimate of drug-likeness (QED) is 0.446. The number of hydrogen-bond acceptors (Lipinski definition) is 8. The van der Waals surface area contributed by atoms with Gasteiger partial charge in [-0.25, -0.2) is 9.07 Å². The van der Waals surface area contributed by atoms with Crippen molar-refractivity contribution in [2.45, 2.75) is 20.4 Å². The number of aromatic nitrogens is 8. The Bertz CT molecular complexity index is 1440. The lowest BCUT2D eigenvalue weighted by molar-refractivity contribution is 0.0944. The summed E-state index contributed by atoms with van der Waals surface area (Å²) in [7, 11) is 0. The Hall–Kier alpha value is -4.48. The minimum Gasteiger partial charge on any atom is -0.343 e. The molecular formula is C20H16FN9O2. The summed E-state index contributed by atoms with van der Waals surface area (Å²) in [5, 5.41) is 22.8. The number of amides is 1. The highest BCUT2D eigenvalue weighted by Gasteiger charge is 2.18. The average Bonchev–Trinajstić information content (AvgIpc) is 3.51. The number of nitrogens with zero attached hydrogens (tertiary/aromatic N) is 8. The highest BCUT2D eigenvalue weighted by molar-refractivity contribution is 5.93. The summed E-state index contributed by atoms with van der Waals surface area (Å²) in [4.78, 5) is 16.9. The number of nitrogens with one attached hydrogen (secondary N) is 1. The van der Waals surface area contributed by atoms with E-state index in [4.69, 9.17) is 4.52 Å². The molecule has 32 heavy (non-hydrogen) atoms. The minimum atomic E-state index is -0.412. The van der Waals surface area contributed by atoms with E-state index >= 15 is 0 Å². The normalized spacial score (nSPS) is 11.2. The Morgan fingerprint density at radius 2 is 1.94 bits per heavy atom. The predicted octanol–water partition coefficient (Wildman–Crippen LogP) is 2.05. The van der Waals surface area contributed by atoms with Gasteiger partial charge in [0.05, 0.1) is 17.9 Å². The molecule has 0 bridgehead atoms. The van der Waals surface area contributed by atoms with Gasteiger partial charge in [-0.2, -0.15) is 4.98 Å². The lowest BCUT2D eigenvalue weighted by atomic mass is 10.2. The van der Waals surface area contributed by atoms with Crippen molar-refractivity contribution in [1.29, 1.82) is 0 Å². The zero-order chi connectivity index (χ0) is 22.2. The average molecular weight is 433 g/mol. The van der Waals surface area contributed by atoms with Crippen LogP contribution in [0.5, 0.6) is 0 Å². The summed E-state index contributed by atoms with van der Waals surface area (Å²) in [6.07, 6.45) is 1.77. The van der Waals surface area contributed by atoms with Gasteiger partial charge in [0.1, 0.15) is 5.82 Å². The molecule has 0 saturated heterocycles. The van der Waals surface area contributed by atoms with E-state index in [1.54, 1.807) is 48.7 Å². The fourth-order valence-corrected chi connectivity index (χ4v) is 3.22. The van der Waals surface area contributed by atoms with Crippen molar-refractivity contribution in [3.63, 3.8) is 0 Å². The van der Waals surface area contributed by atoms with Gasteiger partial charge in [0.2, 0.25) is 0 Å². The van der Waals surface area contributed by atoms with Gasteiger partial charge in [-0.05, 0) is 50.2 Å². The van der Waals surface area contributed by atoms with Gasteiger partial charge in [0.15, 0.2) is 23.0 Å². The molecule has 4 aromatic heterocycles. The standard InChI is InChI=1S/C20H16FN9O2/c1-11-18(26-28-30(11)15-5-3-14(21)4-6-15)19(31)22-10-17-25-24-16-9-13(7-8-29(16)17)20-23-12(2)27-32-20/h3-9H,10H2,1-2H3,(H,22,31). The number of carbonyl (C=O) groups is 1. The largest absolute Gasteiger partial charge is 0.343 e. The van der Waals surface area contributed by atoms with Crippen LogP contribution in [-0.2, 0) is 6.54 Å². The van der Waals surface area contributed by atoms with Crippen LogP contribution in [-0.4, -0.2) is 45.6 Å². The molecule has 0 atom stereocenters. The summed E-state index contributed by atoms with van der Waals surface area (Å²) in [5.74, 6) is 0.694. The number of aryl methyl sites for hydroxylation is 1. The molecule has 0 aliphatic heterocycles. The third-order valence-corrected chi connectivity index (χ3v) is 4.84. The van der Waals surface area contributed by atoms with Gasteiger partial charge >= 0.3 is 0 Å². The van der Waals surface area contributed by atoms with Crippen LogP contribution in [0.15, 0.2) is 47.1 Å². The zero-order valence-corrected chi connectivity index (χ0v) is 17.0. The van der Waals surface area contributed by atoms with Gasteiger partial charge in [-0.3, -0.25) is 9.20 Å². The first-order valence-electron chi connectivity index (χ1n) is 9.60. The molecule has 0 unspecified atom stereocenters. The maximum Gasteiger partial charge on any atom is 0.274 e. The second-order valence-corrected chi connectivity index (χ2v) is 7.00. The van der Waals surface area contributed by atoms with Crippen LogP contribution >= 0.6 is 0 Å². The third-order valence-electron chi connectivity index (χ3n) is 4.84. The van der Waals surface area contributed by atoms with Crippen LogP contribution in [0, 0.1) is 19.7 Å². The van der Waals surface area contributed by atoms with Gasteiger partial charge in [0, 0.05) is 11.8 Å². The molecule has 5 rings (SSSR count). The SMILES string of the molecule is Cc1noc(-c2ccn3c(CNC(=O)c4nnn(-c5ccc(F)cc5)c4C)nnc3c2)n1. The van der Waals surface area contributed by atoms with Crippen molar-refractivity contribution in [1.82, 2.24) is 45.0 Å². The number of rotatable bonds is 5. The van der Waals surface area contributed by atoms with Crippen LogP contribution in [0.2, 0.25) is 0 Å². The van der Waals surface area contributed by atoms with Gasteiger partial charge < -0.3 is 9.84 Å². The molecular weight excluding hydrogens is 417 g/mol. The smallest absolute Gasteiger partial charge is 0.274 e. The summed E-state index contributed by atoms with van der Waals surface area (Å²) in [6, 6.07) is 9.32. The van der Waals surface area contributed by atoms with Crippen molar-refractivity contribution in [2.75, 3.05) is 0 Å². The zero-order valence-electron chi connectivity index (χ0n) is 17.0. The maximum absolute atomic E-state index is 13.2. The second kappa shape index (κ2) is 7.65. The van der Waals surface area contributed by atoms with Crippen LogP contribution in [0.3, 0.4) is 0 Å². The summed E-state index contributed by atoms with van der Waals surface area (Å²) >= 11 is 0. The monoisotopic (exact) mass is 433 g/mol. The lowest BCUT2D eigenvalue weighted by Crippen LogP contribution is -2.25. The number of benzene rings is 1. The molecule has 1 aromatic carbocycles. The van der Waals surface area contributed by atoms with E-state index in [0.717, 1.165) is 0 Å². The molecule has 12 heteroatoms. The van der Waals surface area contributed by atoms with Crippen molar-refractivity contribution >= 4 is 11.6 Å². The van der Waals surface area contributed by atoms with Crippen LogP contribution in [0.4, 0.5) is 4.39 Å². The molecule has 1 amide bonds. The highest BCUT2D eigenvalue weighted by atomic mass is 19.1. The van der Waals surface area contributed by atoms with Crippen LogP contribution in [0.25, 0.3) is 22.8 Å². The minimum absolute atomic E-state index is 0.127. The first-order chi connectivity index (χ1) is 15.5. The molecule has 5 aromatic rings. The van der Waals surface area contributed by atoms with Gasteiger partial charge in [-0.1, -0.05) is 10.4 Å². The number of fused-ring (bicyclic) bond motifs is 1. The molecule has 0 aliphatic rings. The molecule has 0 saturated carbocycles. The van der Waals surface area contributed by atoms with Crippen molar-refractivity contribution in [2.24, 2.45) is 0 Å². The molecule has 1 N–H and O–H groups in total. The molecule has 0 fully saturated rings. The first-order valence-corrected chi connectivity index (χ1v) is 9.60. The fourth-order valence-electron chi connectivity index (χ4n) is 3.22. The van der Waals surface area contributed by atoms with Gasteiger partial charge in [-0.15, -0.1) is 15.3 Å². The van der Waals surface area contributed by atoms with E-state index in [0.29, 0.717) is 40.1 Å². The summed E-state index contributed by atoms with van der Waals surface area (Å²) in [6.45, 7) is 3.58. The Labute approximate surface area is 179 Å². The number of carbonyl (C=O) groups excluding carboxylic acids is 1. The molecule has 160 valence electrons. The van der Waals surface area contributed by atoms with E-state index in [9.17, 15) is 9.18 Å². The van der Waals surface area contributed by atoms with Crippen LogP contribution in [0.1, 0.15) is 27.8 Å². The van der Waals surface area contributed by atoms with Crippen molar-refractivity contribution in [3.8, 4) is 17.1 Å². The van der Waals surface area contributed by atoms with Crippen LogP contribution < -0.4 is 5.32 Å². The number of halogens is 1. The molecule has 11 nitrogen and oxygen atoms in total. The fraction of sp³-hybridized carbons (Fsp3) is 0.150. The molecule has 0 aliphatic carbocycles. The Morgan fingerprint density at radius 3 is 2.69 bits per heavy atom. The topological polar surface area (TPSA) is 129 Å². The predicted molar refractivity (Wildman–Crippen MR) is 108 cm³/mol. The summed E-state index contributed by atoms with van der Waals surface area (Å²) in [5.41, 5.74) is 2.58. The highest BCUT2D eigenvalue weighted by Crippen LogP contribution is 2.19. The molecule has 4 heterocycles. The van der Waals surface area contributed by atoms with Crippen molar-refractivity contribution in [3.05, 3.63) is 71.4 Å². The van der Waals surface area contributed by atoms with Crippen molar-refractivity contribution < 1.29 is 13.7 Å². The Balaban J connectivity index is 1.32. The number of hydrogen-bond donors (Lipinski definition) is 1. The molecule has 0 spiro atoms. The van der Waals surface area contributed by atoms with E-state index in [2.05, 4.69) is 36.0 Å². The van der Waals surface area contributed by atoms with E-state index in [1.165, 1.54) is 16.8 Å². The van der Waals surface area contributed by atoms with Gasteiger partial charge in [0.25, 0.3) is 11.8 Å². The van der Waals surface area contributed by atoms with E-state index in [-0.39, 0.29) is 18.1 Å². The lowest BCUT2D eigenvalue weighted by Gasteiger charge is -2.05. The maximum atomic E-state index is 13.2. The number of pyridine rings is 1. The Kier molecular flexibility index (Phi) is 4.66. The summed E-state index contributed by atoms with van der Waals surface area (Å²) < 4.78 is 21.6. The van der Waals surface area contributed by atoms with E-state index < -0.39 is 5.91 Å².